The lowest BCUT2D eigenvalue weighted by atomic mass is 10.1. The fourth-order valence-corrected chi connectivity index (χ4v) is 2.84. The summed E-state index contributed by atoms with van der Waals surface area (Å²) < 4.78 is 5.14. The van der Waals surface area contributed by atoms with E-state index >= 15 is 0 Å². The Bertz CT molecular complexity index is 758. The molecule has 0 unspecified atom stereocenters. The number of pyridine rings is 1. The number of nitrogens with two attached hydrogens (primary N) is 1. The van der Waals surface area contributed by atoms with Gasteiger partial charge in [-0.05, 0) is 29.0 Å². The van der Waals surface area contributed by atoms with Gasteiger partial charge < -0.3 is 10.5 Å². The summed E-state index contributed by atoms with van der Waals surface area (Å²) >= 11 is 1.54. The van der Waals surface area contributed by atoms with Crippen LogP contribution in [0.5, 0.6) is 5.88 Å². The van der Waals surface area contributed by atoms with Gasteiger partial charge in [-0.2, -0.15) is 0 Å². The Morgan fingerprint density at radius 3 is 2.60 bits per heavy atom. The normalized spacial score (nSPS) is 10.7. The van der Waals surface area contributed by atoms with E-state index in [4.69, 9.17) is 10.5 Å². The topological polar surface area (TPSA) is 48.1 Å². The van der Waals surface area contributed by atoms with Crippen molar-refractivity contribution >= 4 is 28.2 Å². The van der Waals surface area contributed by atoms with Gasteiger partial charge in [0, 0.05) is 11.0 Å². The summed E-state index contributed by atoms with van der Waals surface area (Å²) in [6.45, 7) is 0. The molecule has 3 nitrogen and oxygen atoms in total. The molecule has 0 amide bonds. The summed E-state index contributed by atoms with van der Waals surface area (Å²) in [5, 5.41) is 3.20. The molecule has 4 heteroatoms. The van der Waals surface area contributed by atoms with Crippen molar-refractivity contribution in [3.63, 3.8) is 0 Å². The largest absolute Gasteiger partial charge is 0.481 e. The van der Waals surface area contributed by atoms with Crippen LogP contribution in [-0.4, -0.2) is 12.1 Å². The average molecular weight is 282 g/mol. The van der Waals surface area contributed by atoms with Crippen LogP contribution in [0.25, 0.3) is 10.8 Å². The first kappa shape index (κ1) is 12.8. The van der Waals surface area contributed by atoms with Gasteiger partial charge in [0.25, 0.3) is 0 Å². The third kappa shape index (κ3) is 2.56. The standard InChI is InChI=1S/C16H14N2OS/c1-19-15-9-8-14(17)16(18-15)20-13-7-6-11-4-2-3-5-12(11)10-13/h2-10H,17H2,1H3. The number of ether oxygens (including phenoxy) is 1. The second-order valence-corrected chi connectivity index (χ2v) is 5.42. The van der Waals surface area contributed by atoms with Crippen LogP contribution in [0.15, 0.2) is 64.5 Å². The Balaban J connectivity index is 1.96. The Morgan fingerprint density at radius 2 is 1.80 bits per heavy atom. The molecule has 20 heavy (non-hydrogen) atoms. The first-order chi connectivity index (χ1) is 9.76. The molecule has 1 aromatic heterocycles. The Labute approximate surface area is 121 Å². The van der Waals surface area contributed by atoms with Gasteiger partial charge in [0.2, 0.25) is 5.88 Å². The molecule has 0 aliphatic rings. The number of anilines is 1. The number of aromatic nitrogens is 1. The summed E-state index contributed by atoms with van der Waals surface area (Å²) in [4.78, 5) is 5.49. The molecule has 1 heterocycles. The molecule has 0 fully saturated rings. The highest BCUT2D eigenvalue weighted by Crippen LogP contribution is 2.33. The van der Waals surface area contributed by atoms with Crippen LogP contribution in [0.1, 0.15) is 0 Å². The highest BCUT2D eigenvalue weighted by molar-refractivity contribution is 7.99. The zero-order chi connectivity index (χ0) is 13.9. The second-order valence-electron chi connectivity index (χ2n) is 4.36. The van der Waals surface area contributed by atoms with Gasteiger partial charge in [-0.3, -0.25) is 0 Å². The van der Waals surface area contributed by atoms with Crippen molar-refractivity contribution in [2.24, 2.45) is 0 Å². The molecule has 0 saturated carbocycles. The maximum Gasteiger partial charge on any atom is 0.214 e. The van der Waals surface area contributed by atoms with E-state index in [0.717, 1.165) is 9.92 Å². The maximum atomic E-state index is 5.97. The van der Waals surface area contributed by atoms with E-state index in [1.54, 1.807) is 24.9 Å². The predicted molar refractivity (Wildman–Crippen MR) is 83.3 cm³/mol. The average Bonchev–Trinajstić information content (AvgIpc) is 2.49. The highest BCUT2D eigenvalue weighted by Gasteiger charge is 2.06. The molecular weight excluding hydrogens is 268 g/mol. The number of rotatable bonds is 3. The van der Waals surface area contributed by atoms with Crippen LogP contribution in [0.2, 0.25) is 0 Å². The minimum Gasteiger partial charge on any atom is -0.481 e. The SMILES string of the molecule is COc1ccc(N)c(Sc2ccc3ccccc3c2)n1. The van der Waals surface area contributed by atoms with Crippen molar-refractivity contribution in [2.45, 2.75) is 9.92 Å². The molecule has 100 valence electrons. The van der Waals surface area contributed by atoms with Crippen LogP contribution in [0.4, 0.5) is 5.69 Å². The van der Waals surface area contributed by atoms with Crippen molar-refractivity contribution in [3.8, 4) is 5.88 Å². The molecule has 3 rings (SSSR count). The minimum atomic E-state index is 0.572. The number of fused-ring (bicyclic) bond motifs is 1. The van der Waals surface area contributed by atoms with Crippen molar-refractivity contribution in [1.82, 2.24) is 4.98 Å². The van der Waals surface area contributed by atoms with Crippen LogP contribution >= 0.6 is 11.8 Å². The molecule has 0 aliphatic heterocycles. The van der Waals surface area contributed by atoms with Crippen LogP contribution in [0, 0.1) is 0 Å². The monoisotopic (exact) mass is 282 g/mol. The number of methoxy groups -OCH3 is 1. The number of hydrogen-bond donors (Lipinski definition) is 1. The lowest BCUT2D eigenvalue weighted by molar-refractivity contribution is 0.395. The first-order valence-corrected chi connectivity index (χ1v) is 7.05. The molecule has 2 aromatic carbocycles. The summed E-state index contributed by atoms with van der Waals surface area (Å²) in [5.74, 6) is 0.572. The van der Waals surface area contributed by atoms with Crippen LogP contribution in [-0.2, 0) is 0 Å². The Morgan fingerprint density at radius 1 is 1.00 bits per heavy atom. The number of nitrogens with zero attached hydrogens (tertiary/aromatic N) is 1. The van der Waals surface area contributed by atoms with E-state index in [-0.39, 0.29) is 0 Å². The van der Waals surface area contributed by atoms with Crippen molar-refractivity contribution < 1.29 is 4.74 Å². The van der Waals surface area contributed by atoms with Gasteiger partial charge in [0.05, 0.1) is 12.8 Å². The van der Waals surface area contributed by atoms with E-state index in [1.165, 1.54) is 10.8 Å². The van der Waals surface area contributed by atoms with Gasteiger partial charge in [0.15, 0.2) is 0 Å². The van der Waals surface area contributed by atoms with E-state index in [2.05, 4.69) is 35.3 Å². The number of benzene rings is 2. The van der Waals surface area contributed by atoms with Crippen LogP contribution < -0.4 is 10.5 Å². The minimum absolute atomic E-state index is 0.572. The van der Waals surface area contributed by atoms with Crippen molar-refractivity contribution in [2.75, 3.05) is 12.8 Å². The summed E-state index contributed by atoms with van der Waals surface area (Å²) in [6, 6.07) is 18.2. The molecule has 0 atom stereocenters. The van der Waals surface area contributed by atoms with Gasteiger partial charge in [-0.15, -0.1) is 0 Å². The molecule has 2 N–H and O–H groups in total. The lowest BCUT2D eigenvalue weighted by Gasteiger charge is -2.07. The fraction of sp³-hybridized carbons (Fsp3) is 0.0625. The summed E-state index contributed by atoms with van der Waals surface area (Å²) in [6.07, 6.45) is 0. The molecule has 0 saturated heterocycles. The first-order valence-electron chi connectivity index (χ1n) is 6.23. The van der Waals surface area contributed by atoms with E-state index < -0.39 is 0 Å². The maximum absolute atomic E-state index is 5.97. The predicted octanol–water partition coefficient (Wildman–Crippen LogP) is 3.98. The van der Waals surface area contributed by atoms with Gasteiger partial charge >= 0.3 is 0 Å². The summed E-state index contributed by atoms with van der Waals surface area (Å²) in [5.41, 5.74) is 6.62. The summed E-state index contributed by atoms with van der Waals surface area (Å²) in [7, 11) is 1.60. The van der Waals surface area contributed by atoms with E-state index in [0.29, 0.717) is 11.6 Å². The molecule has 0 radical (unpaired) electrons. The van der Waals surface area contributed by atoms with Gasteiger partial charge in [-0.25, -0.2) is 4.98 Å². The third-order valence-corrected chi connectivity index (χ3v) is 4.02. The fourth-order valence-electron chi connectivity index (χ4n) is 1.97. The zero-order valence-corrected chi connectivity index (χ0v) is 11.9. The van der Waals surface area contributed by atoms with Crippen molar-refractivity contribution in [3.05, 3.63) is 54.6 Å². The van der Waals surface area contributed by atoms with Crippen LogP contribution in [0.3, 0.4) is 0 Å². The zero-order valence-electron chi connectivity index (χ0n) is 11.0. The number of nitrogen functional groups attached to an aromatic ring is 1. The molecule has 0 spiro atoms. The third-order valence-electron chi connectivity index (χ3n) is 3.01. The second kappa shape index (κ2) is 5.43. The van der Waals surface area contributed by atoms with Gasteiger partial charge in [-0.1, -0.05) is 42.1 Å². The highest BCUT2D eigenvalue weighted by atomic mass is 32.2. The van der Waals surface area contributed by atoms with E-state index in [9.17, 15) is 0 Å². The molecular formula is C16H14N2OS. The number of hydrogen-bond acceptors (Lipinski definition) is 4. The Kier molecular flexibility index (Phi) is 3.48. The smallest absolute Gasteiger partial charge is 0.214 e. The molecule has 0 bridgehead atoms. The molecule has 0 aliphatic carbocycles. The molecule has 3 aromatic rings. The van der Waals surface area contributed by atoms with Gasteiger partial charge in [0.1, 0.15) is 5.03 Å². The lowest BCUT2D eigenvalue weighted by Crippen LogP contribution is -1.94. The van der Waals surface area contributed by atoms with Crippen molar-refractivity contribution in [1.29, 1.82) is 0 Å². The quantitative estimate of drug-likeness (QED) is 0.789. The van der Waals surface area contributed by atoms with E-state index in [1.807, 2.05) is 18.2 Å². The Hall–Kier alpha value is -2.20.